The fourth-order valence-electron chi connectivity index (χ4n) is 5.14. The van der Waals surface area contributed by atoms with Gasteiger partial charge >= 0.3 is 4.87 Å². The number of imide groups is 1. The number of halogens is 1. The number of ether oxygens (including phenoxy) is 1. The van der Waals surface area contributed by atoms with E-state index in [1.165, 1.54) is 21.2 Å². The normalized spacial score (nSPS) is 19.8. The molecular weight excluding hydrogens is 570 g/mol. The molecule has 40 heavy (non-hydrogen) atoms. The molecule has 0 saturated carbocycles. The van der Waals surface area contributed by atoms with Crippen LogP contribution in [0.15, 0.2) is 88.7 Å². The lowest BCUT2D eigenvalue weighted by atomic mass is 9.83. The molecule has 6 rings (SSSR count). The molecular formula is C29H22ClN3O5S2. The predicted molar refractivity (Wildman–Crippen MR) is 156 cm³/mol. The largest absolute Gasteiger partial charge is 0.497 e. The molecule has 3 aromatic carbocycles. The highest BCUT2D eigenvalue weighted by Gasteiger charge is 2.56. The Morgan fingerprint density at radius 1 is 0.950 bits per heavy atom. The van der Waals surface area contributed by atoms with Gasteiger partial charge in [0.1, 0.15) is 17.5 Å². The Bertz CT molecular complexity index is 1670. The van der Waals surface area contributed by atoms with Gasteiger partial charge in [-0.05, 0) is 54.1 Å². The summed E-state index contributed by atoms with van der Waals surface area (Å²) < 4.78 is 6.62. The van der Waals surface area contributed by atoms with Gasteiger partial charge in [-0.2, -0.15) is 0 Å². The maximum Gasteiger partial charge on any atom is 0.308 e. The fourth-order valence-corrected chi connectivity index (χ4v) is 8.04. The molecule has 8 nitrogen and oxygen atoms in total. The number of hydrogen-bond donors (Lipinski definition) is 1. The number of carbonyl (C=O) groups excluding carboxylic acids is 3. The summed E-state index contributed by atoms with van der Waals surface area (Å²) in [4.78, 5) is 55.4. The number of anilines is 2. The second-order valence-electron chi connectivity index (χ2n) is 9.34. The summed E-state index contributed by atoms with van der Waals surface area (Å²) in [5.74, 6) is -1.67. The van der Waals surface area contributed by atoms with Crippen molar-refractivity contribution < 1.29 is 19.1 Å². The molecule has 1 saturated heterocycles. The summed E-state index contributed by atoms with van der Waals surface area (Å²) in [5, 5.41) is 3.10. The van der Waals surface area contributed by atoms with Crippen molar-refractivity contribution >= 4 is 63.8 Å². The van der Waals surface area contributed by atoms with Crippen LogP contribution >= 0.6 is 34.7 Å². The molecule has 1 N–H and O–H groups in total. The first-order valence-electron chi connectivity index (χ1n) is 12.4. The lowest BCUT2D eigenvalue weighted by Crippen LogP contribution is -2.33. The van der Waals surface area contributed by atoms with Crippen LogP contribution in [0.25, 0.3) is 0 Å². The van der Waals surface area contributed by atoms with E-state index in [0.29, 0.717) is 32.1 Å². The van der Waals surface area contributed by atoms with Gasteiger partial charge in [0.15, 0.2) is 0 Å². The van der Waals surface area contributed by atoms with Crippen LogP contribution in [-0.2, 0) is 20.9 Å². The predicted octanol–water partition coefficient (Wildman–Crippen LogP) is 5.01. The molecule has 0 aliphatic carbocycles. The molecule has 0 spiro atoms. The summed E-state index contributed by atoms with van der Waals surface area (Å²) in [7, 11) is 1.55. The lowest BCUT2D eigenvalue weighted by molar-refractivity contribution is -0.122. The van der Waals surface area contributed by atoms with Crippen molar-refractivity contribution in [2.24, 2.45) is 5.92 Å². The first-order chi connectivity index (χ1) is 19.4. The third-order valence-electron chi connectivity index (χ3n) is 6.97. The Labute approximate surface area is 242 Å². The van der Waals surface area contributed by atoms with E-state index >= 15 is 0 Å². The Morgan fingerprint density at radius 3 is 2.33 bits per heavy atom. The highest BCUT2D eigenvalue weighted by molar-refractivity contribution is 8.00. The number of carbonyl (C=O) groups is 3. The van der Waals surface area contributed by atoms with Crippen LogP contribution in [0.2, 0.25) is 5.02 Å². The summed E-state index contributed by atoms with van der Waals surface area (Å²) >= 11 is 8.13. The number of rotatable bonds is 6. The summed E-state index contributed by atoms with van der Waals surface area (Å²) in [6.45, 7) is -0.233. The monoisotopic (exact) mass is 591 g/mol. The minimum absolute atomic E-state index is 0.233. The topological polar surface area (TPSA) is 97.7 Å². The molecule has 3 amide bonds. The third kappa shape index (κ3) is 4.61. The third-order valence-corrected chi connectivity index (χ3v) is 9.82. The Balaban J connectivity index is 1.38. The molecule has 0 bridgehead atoms. The molecule has 1 fully saturated rings. The lowest BCUT2D eigenvalue weighted by Gasteiger charge is -2.30. The van der Waals surface area contributed by atoms with E-state index in [1.54, 1.807) is 55.6 Å². The van der Waals surface area contributed by atoms with E-state index in [9.17, 15) is 19.2 Å². The van der Waals surface area contributed by atoms with Crippen LogP contribution in [0.1, 0.15) is 16.4 Å². The molecule has 2 aliphatic rings. The van der Waals surface area contributed by atoms with Gasteiger partial charge in [-0.15, -0.1) is 0 Å². The molecule has 0 radical (unpaired) electrons. The van der Waals surface area contributed by atoms with E-state index in [2.05, 4.69) is 5.32 Å². The average Bonchev–Trinajstić information content (AvgIpc) is 3.41. The summed E-state index contributed by atoms with van der Waals surface area (Å²) in [6, 6.07) is 22.8. The summed E-state index contributed by atoms with van der Waals surface area (Å²) in [5.41, 5.74) is 1.84. The number of aromatic nitrogens is 1. The van der Waals surface area contributed by atoms with Crippen molar-refractivity contribution in [2.75, 3.05) is 17.3 Å². The van der Waals surface area contributed by atoms with Crippen molar-refractivity contribution in [1.29, 1.82) is 0 Å². The second-order valence-corrected chi connectivity index (χ2v) is 11.9. The smallest absolute Gasteiger partial charge is 0.308 e. The van der Waals surface area contributed by atoms with Gasteiger partial charge in [-0.3, -0.25) is 23.7 Å². The number of nitrogens with zero attached hydrogens (tertiary/aromatic N) is 2. The highest BCUT2D eigenvalue weighted by Crippen LogP contribution is 2.53. The number of methoxy groups -OCH3 is 1. The minimum atomic E-state index is -0.758. The molecule has 3 heterocycles. The van der Waals surface area contributed by atoms with Crippen molar-refractivity contribution in [3.05, 3.63) is 104 Å². The Morgan fingerprint density at radius 2 is 1.65 bits per heavy atom. The SMILES string of the molecule is COc1ccc(N2C(=O)C3Sc4c(sc(=O)n4CC(=O)Nc4ccc(Cl)cc4)C(c4ccccc4)C3C2=O)cc1. The molecule has 202 valence electrons. The number of amides is 3. The van der Waals surface area contributed by atoms with Gasteiger partial charge in [0.2, 0.25) is 17.7 Å². The van der Waals surface area contributed by atoms with Gasteiger partial charge in [-0.1, -0.05) is 65.0 Å². The maximum atomic E-state index is 13.9. The van der Waals surface area contributed by atoms with Gasteiger partial charge in [0, 0.05) is 21.5 Å². The second kappa shape index (κ2) is 10.6. The van der Waals surface area contributed by atoms with Crippen LogP contribution in [0, 0.1) is 5.92 Å². The number of thioether (sulfide) groups is 1. The zero-order valence-electron chi connectivity index (χ0n) is 21.1. The zero-order chi connectivity index (χ0) is 28.0. The quantitative estimate of drug-likeness (QED) is 0.317. The van der Waals surface area contributed by atoms with Crippen molar-refractivity contribution in [3.8, 4) is 5.75 Å². The van der Waals surface area contributed by atoms with Crippen molar-refractivity contribution in [1.82, 2.24) is 4.57 Å². The Kier molecular flexibility index (Phi) is 6.99. The Hall–Kier alpha value is -3.86. The number of fused-ring (bicyclic) bond motifs is 2. The first kappa shape index (κ1) is 26.4. The van der Waals surface area contributed by atoms with E-state index in [1.807, 2.05) is 30.3 Å². The number of thiazole rings is 1. The zero-order valence-corrected chi connectivity index (χ0v) is 23.5. The average molecular weight is 592 g/mol. The van der Waals surface area contributed by atoms with E-state index < -0.39 is 23.0 Å². The van der Waals surface area contributed by atoms with Gasteiger partial charge < -0.3 is 10.1 Å². The molecule has 1 aromatic heterocycles. The van der Waals surface area contributed by atoms with Crippen LogP contribution in [0.5, 0.6) is 5.75 Å². The number of hydrogen-bond acceptors (Lipinski definition) is 7. The fraction of sp³-hybridized carbons (Fsp3) is 0.172. The maximum absolute atomic E-state index is 13.9. The number of nitrogens with one attached hydrogen (secondary N) is 1. The van der Waals surface area contributed by atoms with E-state index in [-0.39, 0.29) is 23.2 Å². The standard InChI is InChI=1S/C29H22ClN3O5S2/c1-38-20-13-11-19(12-14-20)33-26(35)23-22(16-5-3-2-4-6-16)25-28(39-24(23)27(33)36)32(29(37)40-25)15-21(34)31-18-9-7-17(30)8-10-18/h2-14,22-24H,15H2,1H3,(H,31,34). The summed E-state index contributed by atoms with van der Waals surface area (Å²) in [6.07, 6.45) is 0. The van der Waals surface area contributed by atoms with Crippen LogP contribution in [-0.4, -0.2) is 34.6 Å². The van der Waals surface area contributed by atoms with Crippen LogP contribution in [0.4, 0.5) is 11.4 Å². The molecule has 3 unspecified atom stereocenters. The molecule has 3 atom stereocenters. The van der Waals surface area contributed by atoms with Gasteiger partial charge in [0.25, 0.3) is 0 Å². The first-order valence-corrected chi connectivity index (χ1v) is 14.5. The molecule has 4 aromatic rings. The molecule has 11 heteroatoms. The van der Waals surface area contributed by atoms with Crippen LogP contribution in [0.3, 0.4) is 0 Å². The van der Waals surface area contributed by atoms with E-state index in [4.69, 9.17) is 16.3 Å². The minimum Gasteiger partial charge on any atom is -0.497 e. The van der Waals surface area contributed by atoms with Gasteiger partial charge in [-0.25, -0.2) is 4.90 Å². The highest BCUT2D eigenvalue weighted by atomic mass is 35.5. The van der Waals surface area contributed by atoms with Crippen LogP contribution < -0.4 is 19.8 Å². The molecule has 2 aliphatic heterocycles. The van der Waals surface area contributed by atoms with Crippen molar-refractivity contribution in [2.45, 2.75) is 22.7 Å². The number of benzene rings is 3. The van der Waals surface area contributed by atoms with Crippen molar-refractivity contribution in [3.63, 3.8) is 0 Å². The van der Waals surface area contributed by atoms with Gasteiger partial charge in [0.05, 0.1) is 23.7 Å². The van der Waals surface area contributed by atoms with E-state index in [0.717, 1.165) is 16.9 Å².